The van der Waals surface area contributed by atoms with Gasteiger partial charge in [-0.25, -0.2) is 0 Å². The second-order valence-electron chi connectivity index (χ2n) is 18.1. The zero-order valence-corrected chi connectivity index (χ0v) is 37.7. The van der Waals surface area contributed by atoms with Crippen LogP contribution in [0.1, 0.15) is 0 Å². The number of fused-ring (bicyclic) bond motifs is 9. The molecule has 0 saturated heterocycles. The van der Waals surface area contributed by atoms with E-state index in [2.05, 4.69) is 275 Å². The molecule has 0 saturated carbocycles. The van der Waals surface area contributed by atoms with Gasteiger partial charge in [-0.3, -0.25) is 0 Å². The average molecular weight is 878 g/mol. The molecule has 0 amide bonds. The second-order valence-corrected chi connectivity index (χ2v) is 18.1. The second kappa shape index (κ2) is 15.7. The van der Waals surface area contributed by atoms with Gasteiger partial charge in [0.2, 0.25) is 0 Å². The van der Waals surface area contributed by atoms with Crippen molar-refractivity contribution in [1.82, 2.24) is 13.7 Å². The van der Waals surface area contributed by atoms with Gasteiger partial charge < -0.3 is 13.7 Å². The van der Waals surface area contributed by atoms with Crippen molar-refractivity contribution < 1.29 is 0 Å². The molecular weight excluding hydrogens is 835 g/mol. The molecule has 322 valence electrons. The van der Waals surface area contributed by atoms with Crippen molar-refractivity contribution >= 4 is 65.4 Å². The summed E-state index contributed by atoms with van der Waals surface area (Å²) in [5, 5.41) is 7.45. The molecule has 11 aromatic carbocycles. The molecule has 0 N–H and O–H groups in total. The number of aromatic nitrogens is 3. The summed E-state index contributed by atoms with van der Waals surface area (Å²) in [7, 11) is 0. The Bertz CT molecular complexity index is 4030. The maximum absolute atomic E-state index is 2.43. The van der Waals surface area contributed by atoms with Crippen LogP contribution in [0.4, 0.5) is 0 Å². The van der Waals surface area contributed by atoms with Gasteiger partial charge in [-0.2, -0.15) is 0 Å². The quantitative estimate of drug-likeness (QED) is 0.152. The molecule has 0 atom stereocenters. The molecule has 0 fully saturated rings. The Labute approximate surface area is 399 Å². The number of nitrogens with zero attached hydrogens (tertiary/aromatic N) is 3. The van der Waals surface area contributed by atoms with Crippen molar-refractivity contribution in [3.63, 3.8) is 0 Å². The van der Waals surface area contributed by atoms with Gasteiger partial charge in [0.05, 0.1) is 33.1 Å². The maximum atomic E-state index is 2.43. The predicted octanol–water partition coefficient (Wildman–Crippen LogP) is 17.6. The molecule has 3 heteroatoms. The maximum Gasteiger partial charge on any atom is 0.0619 e. The molecular formula is C66H43N3. The third kappa shape index (κ3) is 6.21. The minimum absolute atomic E-state index is 1.14. The monoisotopic (exact) mass is 877 g/mol. The molecule has 0 unspecified atom stereocenters. The Morgan fingerprint density at radius 1 is 0.188 bits per heavy atom. The highest BCUT2D eigenvalue weighted by atomic mass is 15.0. The van der Waals surface area contributed by atoms with Gasteiger partial charge in [-0.05, 0) is 118 Å². The summed E-state index contributed by atoms with van der Waals surface area (Å²) in [5.74, 6) is 0. The van der Waals surface area contributed by atoms with Crippen LogP contribution in [0, 0.1) is 0 Å². The fraction of sp³-hybridized carbons (Fsp3) is 0. The fourth-order valence-electron chi connectivity index (χ4n) is 11.2. The summed E-state index contributed by atoms with van der Waals surface area (Å²) >= 11 is 0. The lowest BCUT2D eigenvalue weighted by Gasteiger charge is -2.13. The third-order valence-electron chi connectivity index (χ3n) is 14.2. The van der Waals surface area contributed by atoms with Crippen molar-refractivity contribution in [1.29, 1.82) is 0 Å². The highest BCUT2D eigenvalue weighted by molar-refractivity contribution is 6.16. The topological polar surface area (TPSA) is 14.8 Å². The Kier molecular flexibility index (Phi) is 8.90. The lowest BCUT2D eigenvalue weighted by Crippen LogP contribution is -1.95. The van der Waals surface area contributed by atoms with Crippen molar-refractivity contribution in [2.75, 3.05) is 0 Å². The molecule has 0 aliphatic heterocycles. The molecule has 0 spiro atoms. The van der Waals surface area contributed by atoms with Crippen molar-refractivity contribution in [2.45, 2.75) is 0 Å². The normalized spacial score (nSPS) is 11.8. The Morgan fingerprint density at radius 3 is 0.971 bits per heavy atom. The molecule has 0 bridgehead atoms. The molecule has 3 heterocycles. The van der Waals surface area contributed by atoms with Gasteiger partial charge in [0.25, 0.3) is 0 Å². The predicted molar refractivity (Wildman–Crippen MR) is 291 cm³/mol. The number of rotatable bonds is 7. The summed E-state index contributed by atoms with van der Waals surface area (Å²) in [6.45, 7) is 0. The third-order valence-corrected chi connectivity index (χ3v) is 14.2. The van der Waals surface area contributed by atoms with E-state index in [0.717, 1.165) is 17.1 Å². The van der Waals surface area contributed by atoms with Crippen LogP contribution in [0.5, 0.6) is 0 Å². The summed E-state index contributed by atoms with van der Waals surface area (Å²) in [6.07, 6.45) is 0. The van der Waals surface area contributed by atoms with Crippen LogP contribution in [0.2, 0.25) is 0 Å². The highest BCUT2D eigenvalue weighted by Crippen LogP contribution is 2.43. The highest BCUT2D eigenvalue weighted by Gasteiger charge is 2.20. The zero-order chi connectivity index (χ0) is 45.4. The molecule has 3 aromatic heterocycles. The summed E-state index contributed by atoms with van der Waals surface area (Å²) in [5.41, 5.74) is 20.2. The largest absolute Gasteiger partial charge is 0.309 e. The van der Waals surface area contributed by atoms with Crippen LogP contribution in [0.3, 0.4) is 0 Å². The zero-order valence-electron chi connectivity index (χ0n) is 37.7. The van der Waals surface area contributed by atoms with E-state index >= 15 is 0 Å². The first-order valence-electron chi connectivity index (χ1n) is 23.8. The number of hydrogen-bond donors (Lipinski definition) is 0. The van der Waals surface area contributed by atoms with Crippen LogP contribution in [-0.4, -0.2) is 13.7 Å². The molecule has 69 heavy (non-hydrogen) atoms. The van der Waals surface area contributed by atoms with Gasteiger partial charge >= 0.3 is 0 Å². The van der Waals surface area contributed by atoms with Crippen LogP contribution in [0.15, 0.2) is 261 Å². The van der Waals surface area contributed by atoms with Crippen molar-refractivity contribution in [3.8, 4) is 61.6 Å². The molecule has 0 aliphatic carbocycles. The van der Waals surface area contributed by atoms with Crippen molar-refractivity contribution in [3.05, 3.63) is 261 Å². The minimum Gasteiger partial charge on any atom is -0.309 e. The van der Waals surface area contributed by atoms with Crippen LogP contribution in [0.25, 0.3) is 127 Å². The van der Waals surface area contributed by atoms with E-state index < -0.39 is 0 Å². The Balaban J connectivity index is 0.923. The van der Waals surface area contributed by atoms with Gasteiger partial charge in [0.15, 0.2) is 0 Å². The standard InChI is InChI=1S/C66H43N3/c1-4-22-50(23-5-1)67-63-38-36-46(44-18-14-20-48(40-44)53-30-16-32-57-55-28-10-12-34-61(55)68(65(53)57)51-24-6-2-7-25-51)42-59(63)60-43-47(37-39-64(60)67)45-19-15-21-49(41-45)54-31-17-33-58-56-29-11-13-35-62(56)69(66(54)58)52-26-8-3-9-27-52/h1-43H. The molecule has 14 aromatic rings. The van der Waals surface area contributed by atoms with E-state index in [1.165, 1.54) is 110 Å². The lowest BCUT2D eigenvalue weighted by atomic mass is 9.95. The first kappa shape index (κ1) is 39.0. The van der Waals surface area contributed by atoms with Gasteiger partial charge in [-0.15, -0.1) is 0 Å². The van der Waals surface area contributed by atoms with Crippen LogP contribution in [-0.2, 0) is 0 Å². The lowest BCUT2D eigenvalue weighted by molar-refractivity contribution is 1.18. The first-order chi connectivity index (χ1) is 34.2. The van der Waals surface area contributed by atoms with E-state index in [1.54, 1.807) is 0 Å². The van der Waals surface area contributed by atoms with Crippen molar-refractivity contribution in [2.24, 2.45) is 0 Å². The molecule has 14 rings (SSSR count). The number of para-hydroxylation sites is 7. The van der Waals surface area contributed by atoms with E-state index in [1.807, 2.05) is 0 Å². The summed E-state index contributed by atoms with van der Waals surface area (Å²) < 4.78 is 7.27. The van der Waals surface area contributed by atoms with E-state index in [4.69, 9.17) is 0 Å². The summed E-state index contributed by atoms with van der Waals surface area (Å²) in [6, 6.07) is 95.4. The van der Waals surface area contributed by atoms with E-state index in [9.17, 15) is 0 Å². The Hall–Kier alpha value is -9.18. The van der Waals surface area contributed by atoms with Crippen LogP contribution >= 0.6 is 0 Å². The SMILES string of the molecule is c1ccc(-n2c3ccc(-c4cccc(-c5cccc6c7ccccc7n(-c7ccccc7)c56)c4)cc3c3cc(-c4cccc(-c5cccc6c7ccccc7n(-c7ccccc7)c56)c4)ccc32)cc1. The first-order valence-corrected chi connectivity index (χ1v) is 23.8. The minimum atomic E-state index is 1.14. The molecule has 3 nitrogen and oxygen atoms in total. The van der Waals surface area contributed by atoms with Gasteiger partial charge in [0, 0.05) is 60.5 Å². The average Bonchev–Trinajstić information content (AvgIpc) is 4.07. The van der Waals surface area contributed by atoms with Gasteiger partial charge in [-0.1, -0.05) is 176 Å². The van der Waals surface area contributed by atoms with E-state index in [0.29, 0.717) is 0 Å². The fourth-order valence-corrected chi connectivity index (χ4v) is 11.2. The molecule has 0 radical (unpaired) electrons. The number of benzene rings is 11. The van der Waals surface area contributed by atoms with E-state index in [-0.39, 0.29) is 0 Å². The summed E-state index contributed by atoms with van der Waals surface area (Å²) in [4.78, 5) is 0. The molecule has 0 aliphatic rings. The Morgan fingerprint density at radius 2 is 0.522 bits per heavy atom. The number of hydrogen-bond acceptors (Lipinski definition) is 0. The van der Waals surface area contributed by atoms with Crippen LogP contribution < -0.4 is 0 Å². The van der Waals surface area contributed by atoms with Gasteiger partial charge in [0.1, 0.15) is 0 Å². The smallest absolute Gasteiger partial charge is 0.0619 e.